The first-order valence-electron chi connectivity index (χ1n) is 7.87. The normalized spacial score (nSPS) is 19.5. The fourth-order valence-electron chi connectivity index (χ4n) is 3.23. The monoisotopic (exact) mass is 284 g/mol. The summed E-state index contributed by atoms with van der Waals surface area (Å²) in [5, 5.41) is 1.04. The Kier molecular flexibility index (Phi) is 3.85. The maximum Gasteiger partial charge on any atom is 0.178 e. The molecule has 2 heterocycles. The maximum absolute atomic E-state index is 12.6. The minimum absolute atomic E-state index is 0.229. The smallest absolute Gasteiger partial charge is 0.178 e. The lowest BCUT2D eigenvalue weighted by atomic mass is 9.85. The molecule has 1 N–H and O–H groups in total. The number of H-pyrrole nitrogens is 1. The van der Waals surface area contributed by atoms with Crippen LogP contribution in [0.1, 0.15) is 43.5 Å². The van der Waals surface area contributed by atoms with Gasteiger partial charge >= 0.3 is 0 Å². The molecule has 0 atom stereocenters. The second-order valence-corrected chi connectivity index (χ2v) is 6.97. The lowest BCUT2D eigenvalue weighted by Crippen LogP contribution is -2.31. The van der Waals surface area contributed by atoms with Crippen molar-refractivity contribution in [2.75, 3.05) is 19.6 Å². The number of hydrogen-bond acceptors (Lipinski definition) is 2. The predicted molar refractivity (Wildman–Crippen MR) is 86.7 cm³/mol. The van der Waals surface area contributed by atoms with Crippen LogP contribution in [0.15, 0.2) is 30.5 Å². The van der Waals surface area contributed by atoms with E-state index in [1.807, 2.05) is 30.5 Å². The number of nitrogens with one attached hydrogen (secondary N) is 1. The van der Waals surface area contributed by atoms with Crippen LogP contribution in [-0.2, 0) is 0 Å². The van der Waals surface area contributed by atoms with Crippen LogP contribution >= 0.6 is 0 Å². The molecule has 0 unspecified atom stereocenters. The molecule has 3 rings (SSSR count). The molecule has 1 aromatic carbocycles. The van der Waals surface area contributed by atoms with Crippen molar-refractivity contribution >= 4 is 16.7 Å². The van der Waals surface area contributed by atoms with Gasteiger partial charge in [0.05, 0.1) is 6.54 Å². The molecular formula is C18H24N2O. The zero-order chi connectivity index (χ0) is 14.9. The Labute approximate surface area is 126 Å². The zero-order valence-corrected chi connectivity index (χ0v) is 13.0. The third kappa shape index (κ3) is 3.18. The van der Waals surface area contributed by atoms with E-state index in [4.69, 9.17) is 0 Å². The highest BCUT2D eigenvalue weighted by molar-refractivity contribution is 6.08. The number of para-hydroxylation sites is 1. The quantitative estimate of drug-likeness (QED) is 0.869. The van der Waals surface area contributed by atoms with Gasteiger partial charge in [-0.25, -0.2) is 0 Å². The predicted octanol–water partition coefficient (Wildman–Crippen LogP) is 3.86. The van der Waals surface area contributed by atoms with Gasteiger partial charge < -0.3 is 4.98 Å². The van der Waals surface area contributed by atoms with E-state index in [1.54, 1.807) is 0 Å². The Morgan fingerprint density at radius 1 is 1.24 bits per heavy atom. The van der Waals surface area contributed by atoms with Gasteiger partial charge in [0, 0.05) is 22.7 Å². The fourth-order valence-corrected chi connectivity index (χ4v) is 3.23. The SMILES string of the molecule is CC1(C)CCCN(CC(=O)c2c[nH]c3ccccc23)CC1. The van der Waals surface area contributed by atoms with E-state index in [-0.39, 0.29) is 5.78 Å². The van der Waals surface area contributed by atoms with Crippen LogP contribution in [0.3, 0.4) is 0 Å². The van der Waals surface area contributed by atoms with Gasteiger partial charge in [-0.2, -0.15) is 0 Å². The molecule has 0 bridgehead atoms. The van der Waals surface area contributed by atoms with Crippen LogP contribution in [0, 0.1) is 5.41 Å². The van der Waals surface area contributed by atoms with Crippen molar-refractivity contribution < 1.29 is 4.79 Å². The Morgan fingerprint density at radius 3 is 2.90 bits per heavy atom. The number of carbonyl (C=O) groups excluding carboxylic acids is 1. The zero-order valence-electron chi connectivity index (χ0n) is 13.0. The summed E-state index contributed by atoms with van der Waals surface area (Å²) in [5.41, 5.74) is 2.28. The first kappa shape index (κ1) is 14.3. The molecule has 0 spiro atoms. The number of carbonyl (C=O) groups is 1. The molecule has 0 aliphatic carbocycles. The van der Waals surface area contributed by atoms with Crippen molar-refractivity contribution in [3.8, 4) is 0 Å². The number of benzene rings is 1. The molecule has 0 saturated carbocycles. The number of hydrogen-bond donors (Lipinski definition) is 1. The molecule has 1 saturated heterocycles. The van der Waals surface area contributed by atoms with Crippen molar-refractivity contribution in [2.45, 2.75) is 33.1 Å². The molecule has 21 heavy (non-hydrogen) atoms. The number of nitrogens with zero attached hydrogens (tertiary/aromatic N) is 1. The molecule has 1 aromatic heterocycles. The first-order valence-corrected chi connectivity index (χ1v) is 7.87. The minimum atomic E-state index is 0.229. The summed E-state index contributed by atoms with van der Waals surface area (Å²) in [5.74, 6) is 0.229. The molecule has 1 aliphatic heterocycles. The van der Waals surface area contributed by atoms with Gasteiger partial charge in [-0.1, -0.05) is 32.0 Å². The maximum atomic E-state index is 12.6. The molecule has 3 nitrogen and oxygen atoms in total. The van der Waals surface area contributed by atoms with Gasteiger partial charge in [-0.3, -0.25) is 9.69 Å². The van der Waals surface area contributed by atoms with Crippen LogP contribution in [0.4, 0.5) is 0 Å². The molecule has 112 valence electrons. The van der Waals surface area contributed by atoms with E-state index in [1.165, 1.54) is 19.3 Å². The highest BCUT2D eigenvalue weighted by atomic mass is 16.1. The van der Waals surface area contributed by atoms with E-state index >= 15 is 0 Å². The second kappa shape index (κ2) is 5.64. The van der Waals surface area contributed by atoms with Crippen LogP contribution in [0.25, 0.3) is 10.9 Å². The summed E-state index contributed by atoms with van der Waals surface area (Å²) in [6.45, 7) is 7.27. The summed E-state index contributed by atoms with van der Waals surface area (Å²) in [6, 6.07) is 8.01. The van der Waals surface area contributed by atoms with Crippen molar-refractivity contribution in [2.24, 2.45) is 5.41 Å². The van der Waals surface area contributed by atoms with Gasteiger partial charge in [0.25, 0.3) is 0 Å². The fraction of sp³-hybridized carbons (Fsp3) is 0.500. The van der Waals surface area contributed by atoms with Crippen LogP contribution in [-0.4, -0.2) is 35.3 Å². The number of aromatic nitrogens is 1. The van der Waals surface area contributed by atoms with Gasteiger partial charge in [0.15, 0.2) is 5.78 Å². The number of fused-ring (bicyclic) bond motifs is 1. The van der Waals surface area contributed by atoms with Crippen molar-refractivity contribution in [3.63, 3.8) is 0 Å². The summed E-state index contributed by atoms with van der Waals surface area (Å²) in [7, 11) is 0. The summed E-state index contributed by atoms with van der Waals surface area (Å²) in [6.07, 6.45) is 5.47. The third-order valence-electron chi connectivity index (χ3n) is 4.69. The average Bonchev–Trinajstić information content (AvgIpc) is 2.81. The van der Waals surface area contributed by atoms with E-state index in [2.05, 4.69) is 23.7 Å². The van der Waals surface area contributed by atoms with Crippen LogP contribution < -0.4 is 0 Å². The molecule has 1 aliphatic rings. The molecule has 0 amide bonds. The lowest BCUT2D eigenvalue weighted by Gasteiger charge is -2.22. The van der Waals surface area contributed by atoms with Crippen molar-refractivity contribution in [1.29, 1.82) is 0 Å². The molecular weight excluding hydrogens is 260 g/mol. The van der Waals surface area contributed by atoms with E-state index in [0.717, 1.165) is 29.6 Å². The first-order chi connectivity index (χ1) is 10.1. The largest absolute Gasteiger partial charge is 0.360 e. The lowest BCUT2D eigenvalue weighted by molar-refractivity contribution is 0.0932. The van der Waals surface area contributed by atoms with Crippen LogP contribution in [0.5, 0.6) is 0 Å². The average molecular weight is 284 g/mol. The molecule has 1 fully saturated rings. The minimum Gasteiger partial charge on any atom is -0.360 e. The van der Waals surface area contributed by atoms with E-state index < -0.39 is 0 Å². The second-order valence-electron chi connectivity index (χ2n) is 6.97. The van der Waals surface area contributed by atoms with Crippen molar-refractivity contribution in [1.82, 2.24) is 9.88 Å². The van der Waals surface area contributed by atoms with Crippen LogP contribution in [0.2, 0.25) is 0 Å². The molecule has 3 heteroatoms. The molecule has 2 aromatic rings. The number of rotatable bonds is 3. The number of ketones is 1. The van der Waals surface area contributed by atoms with Gasteiger partial charge in [-0.15, -0.1) is 0 Å². The van der Waals surface area contributed by atoms with Gasteiger partial charge in [-0.05, 0) is 43.8 Å². The Bertz CT molecular complexity index is 641. The summed E-state index contributed by atoms with van der Waals surface area (Å²) < 4.78 is 0. The highest BCUT2D eigenvalue weighted by Gasteiger charge is 2.24. The standard InChI is InChI=1S/C18H24N2O/c1-18(2)8-5-10-20(11-9-18)13-17(21)15-12-19-16-7-4-3-6-14(15)16/h3-4,6-7,12,19H,5,8-11,13H2,1-2H3. The van der Waals surface area contributed by atoms with Gasteiger partial charge in [0.1, 0.15) is 0 Å². The summed E-state index contributed by atoms with van der Waals surface area (Å²) in [4.78, 5) is 18.1. The molecule has 0 radical (unpaired) electrons. The highest BCUT2D eigenvalue weighted by Crippen LogP contribution is 2.30. The van der Waals surface area contributed by atoms with E-state index in [0.29, 0.717) is 12.0 Å². The Hall–Kier alpha value is -1.61. The number of Topliss-reactive ketones (excluding diaryl/α,β-unsaturated/α-hetero) is 1. The number of likely N-dealkylation sites (tertiary alicyclic amines) is 1. The summed E-state index contributed by atoms with van der Waals surface area (Å²) >= 11 is 0. The van der Waals surface area contributed by atoms with Gasteiger partial charge in [0.2, 0.25) is 0 Å². The Morgan fingerprint density at radius 2 is 2.05 bits per heavy atom. The van der Waals surface area contributed by atoms with E-state index in [9.17, 15) is 4.79 Å². The third-order valence-corrected chi connectivity index (χ3v) is 4.69. The topological polar surface area (TPSA) is 36.1 Å². The van der Waals surface area contributed by atoms with Crippen molar-refractivity contribution in [3.05, 3.63) is 36.0 Å². The Balaban J connectivity index is 1.71. The number of aromatic amines is 1.